The predicted octanol–water partition coefficient (Wildman–Crippen LogP) is 5.06. The average Bonchev–Trinajstić information content (AvgIpc) is 2.64. The highest BCUT2D eigenvalue weighted by Crippen LogP contribution is 2.24. The molecule has 3 rings (SSSR count). The van der Waals surface area contributed by atoms with Crippen molar-refractivity contribution < 1.29 is 4.74 Å². The molecule has 140 valence electrons. The summed E-state index contributed by atoms with van der Waals surface area (Å²) in [6.45, 7) is 9.19. The minimum Gasteiger partial charge on any atom is -0.494 e. The van der Waals surface area contributed by atoms with Crippen LogP contribution in [0.15, 0.2) is 54.7 Å². The summed E-state index contributed by atoms with van der Waals surface area (Å²) in [4.78, 5) is 4.47. The molecule has 3 aromatic rings. The highest BCUT2D eigenvalue weighted by atomic mass is 16.5. The van der Waals surface area contributed by atoms with Crippen LogP contribution in [0.25, 0.3) is 0 Å². The molecule has 2 aromatic carbocycles. The van der Waals surface area contributed by atoms with Crippen molar-refractivity contribution in [2.75, 3.05) is 17.2 Å². The fourth-order valence-corrected chi connectivity index (χ4v) is 2.55. The van der Waals surface area contributed by atoms with Gasteiger partial charge in [-0.3, -0.25) is 0 Å². The summed E-state index contributed by atoms with van der Waals surface area (Å²) in [6, 6.07) is 16.0. The van der Waals surface area contributed by atoms with Crippen LogP contribution < -0.4 is 15.4 Å². The van der Waals surface area contributed by atoms with Gasteiger partial charge in [0.1, 0.15) is 5.75 Å². The van der Waals surface area contributed by atoms with E-state index in [1.165, 1.54) is 5.56 Å². The molecule has 6 nitrogen and oxygen atoms in total. The van der Waals surface area contributed by atoms with Gasteiger partial charge in [-0.25, -0.2) is 0 Å². The zero-order valence-corrected chi connectivity index (χ0v) is 16.2. The zero-order chi connectivity index (χ0) is 19.3. The van der Waals surface area contributed by atoms with E-state index in [2.05, 4.69) is 58.7 Å². The third-order valence-electron chi connectivity index (χ3n) is 4.00. The lowest BCUT2D eigenvalue weighted by molar-refractivity contribution is 0.340. The molecule has 6 heteroatoms. The van der Waals surface area contributed by atoms with Crippen LogP contribution in [-0.2, 0) is 5.41 Å². The van der Waals surface area contributed by atoms with E-state index in [4.69, 9.17) is 4.74 Å². The van der Waals surface area contributed by atoms with Crippen LogP contribution in [0.5, 0.6) is 5.75 Å². The summed E-state index contributed by atoms with van der Waals surface area (Å²) >= 11 is 0. The summed E-state index contributed by atoms with van der Waals surface area (Å²) < 4.78 is 5.45. The van der Waals surface area contributed by atoms with E-state index in [1.54, 1.807) is 6.20 Å². The minimum atomic E-state index is 0.123. The van der Waals surface area contributed by atoms with Crippen molar-refractivity contribution in [2.45, 2.75) is 33.1 Å². The van der Waals surface area contributed by atoms with Crippen LogP contribution in [0.3, 0.4) is 0 Å². The van der Waals surface area contributed by atoms with E-state index < -0.39 is 0 Å². The van der Waals surface area contributed by atoms with Crippen LogP contribution >= 0.6 is 0 Å². The number of nitrogens with one attached hydrogen (secondary N) is 2. The normalized spacial score (nSPS) is 11.1. The summed E-state index contributed by atoms with van der Waals surface area (Å²) in [5.41, 5.74) is 3.22. The maximum Gasteiger partial charge on any atom is 0.249 e. The number of hydrogen-bond donors (Lipinski definition) is 2. The van der Waals surface area contributed by atoms with E-state index in [1.807, 2.05) is 43.3 Å². The molecular weight excluding hydrogens is 338 g/mol. The van der Waals surface area contributed by atoms with Crippen LogP contribution in [-0.4, -0.2) is 21.8 Å². The van der Waals surface area contributed by atoms with Gasteiger partial charge in [0, 0.05) is 11.4 Å². The van der Waals surface area contributed by atoms with E-state index >= 15 is 0 Å². The molecule has 0 unspecified atom stereocenters. The molecule has 0 amide bonds. The molecule has 0 aliphatic carbocycles. The average molecular weight is 363 g/mol. The van der Waals surface area contributed by atoms with Crippen molar-refractivity contribution in [3.8, 4) is 5.75 Å². The van der Waals surface area contributed by atoms with Crippen molar-refractivity contribution in [2.24, 2.45) is 0 Å². The zero-order valence-electron chi connectivity index (χ0n) is 16.2. The van der Waals surface area contributed by atoms with Crippen LogP contribution in [0.4, 0.5) is 23.1 Å². The number of ether oxygens (including phenoxy) is 1. The van der Waals surface area contributed by atoms with Crippen molar-refractivity contribution in [3.63, 3.8) is 0 Å². The number of anilines is 4. The molecular formula is C21H25N5O. The number of nitrogens with zero attached hydrogens (tertiary/aromatic N) is 3. The Labute approximate surface area is 160 Å². The molecule has 1 aromatic heterocycles. The molecule has 1 heterocycles. The van der Waals surface area contributed by atoms with Crippen molar-refractivity contribution in [3.05, 3.63) is 60.3 Å². The van der Waals surface area contributed by atoms with Gasteiger partial charge in [0.2, 0.25) is 5.95 Å². The van der Waals surface area contributed by atoms with Crippen LogP contribution in [0.2, 0.25) is 0 Å². The molecule has 2 N–H and O–H groups in total. The number of benzene rings is 2. The minimum absolute atomic E-state index is 0.123. The Morgan fingerprint density at radius 3 is 2.15 bits per heavy atom. The molecule has 0 aliphatic heterocycles. The van der Waals surface area contributed by atoms with E-state index in [9.17, 15) is 0 Å². The lowest BCUT2D eigenvalue weighted by Crippen LogP contribution is -2.10. The summed E-state index contributed by atoms with van der Waals surface area (Å²) in [5, 5.41) is 14.5. The Balaban J connectivity index is 1.68. The molecule has 27 heavy (non-hydrogen) atoms. The number of aromatic nitrogens is 3. The Morgan fingerprint density at radius 1 is 0.889 bits per heavy atom. The Bertz CT molecular complexity index is 870. The highest BCUT2D eigenvalue weighted by molar-refractivity contribution is 5.59. The molecule has 0 saturated carbocycles. The van der Waals surface area contributed by atoms with E-state index in [0.29, 0.717) is 18.4 Å². The maximum atomic E-state index is 5.45. The van der Waals surface area contributed by atoms with Crippen LogP contribution in [0, 0.1) is 0 Å². The fraction of sp³-hybridized carbons (Fsp3) is 0.286. The molecule has 0 aliphatic rings. The molecule has 0 fully saturated rings. The first-order valence-electron chi connectivity index (χ1n) is 9.01. The second kappa shape index (κ2) is 8.03. The quantitative estimate of drug-likeness (QED) is 0.638. The first kappa shape index (κ1) is 18.6. The van der Waals surface area contributed by atoms with Gasteiger partial charge in [-0.15, -0.1) is 5.10 Å². The van der Waals surface area contributed by atoms with Crippen molar-refractivity contribution in [1.29, 1.82) is 0 Å². The van der Waals surface area contributed by atoms with Gasteiger partial charge in [-0.05, 0) is 54.3 Å². The molecule has 0 atom stereocenters. The molecule has 0 bridgehead atoms. The Hall–Kier alpha value is -3.15. The maximum absolute atomic E-state index is 5.45. The monoisotopic (exact) mass is 363 g/mol. The Morgan fingerprint density at radius 2 is 1.52 bits per heavy atom. The second-order valence-electron chi connectivity index (χ2n) is 7.20. The fourth-order valence-electron chi connectivity index (χ4n) is 2.55. The smallest absolute Gasteiger partial charge is 0.249 e. The van der Waals surface area contributed by atoms with Gasteiger partial charge in [-0.2, -0.15) is 10.1 Å². The van der Waals surface area contributed by atoms with Gasteiger partial charge < -0.3 is 15.4 Å². The molecule has 0 spiro atoms. The van der Waals surface area contributed by atoms with Gasteiger partial charge >= 0.3 is 0 Å². The van der Waals surface area contributed by atoms with Crippen LogP contribution in [0.1, 0.15) is 33.3 Å². The standard InChI is InChI=1S/C21H25N5O/c1-5-27-18-12-10-16(11-13-18)23-19-14-22-26-20(25-19)24-17-8-6-15(7-9-17)21(2,3)4/h6-14H,5H2,1-4H3,(H2,23,24,25,26). The summed E-state index contributed by atoms with van der Waals surface area (Å²) in [6.07, 6.45) is 1.59. The number of hydrogen-bond acceptors (Lipinski definition) is 6. The molecule has 0 radical (unpaired) electrons. The van der Waals surface area contributed by atoms with Crippen molar-refractivity contribution >= 4 is 23.1 Å². The number of rotatable bonds is 6. The van der Waals surface area contributed by atoms with Gasteiger partial charge in [0.05, 0.1) is 12.8 Å². The van der Waals surface area contributed by atoms with Gasteiger partial charge in [0.25, 0.3) is 0 Å². The lowest BCUT2D eigenvalue weighted by Gasteiger charge is -2.19. The van der Waals surface area contributed by atoms with Gasteiger partial charge in [0.15, 0.2) is 5.82 Å². The first-order valence-corrected chi connectivity index (χ1v) is 9.01. The van der Waals surface area contributed by atoms with Crippen molar-refractivity contribution in [1.82, 2.24) is 15.2 Å². The molecule has 0 saturated heterocycles. The Kier molecular flexibility index (Phi) is 5.54. The lowest BCUT2D eigenvalue weighted by atomic mass is 9.87. The van der Waals surface area contributed by atoms with E-state index in [-0.39, 0.29) is 5.41 Å². The van der Waals surface area contributed by atoms with Gasteiger partial charge in [-0.1, -0.05) is 32.9 Å². The SMILES string of the molecule is CCOc1ccc(Nc2cnnc(Nc3ccc(C(C)(C)C)cc3)n2)cc1. The predicted molar refractivity (Wildman–Crippen MR) is 109 cm³/mol. The van der Waals surface area contributed by atoms with E-state index in [0.717, 1.165) is 17.1 Å². The first-order chi connectivity index (χ1) is 12.9. The summed E-state index contributed by atoms with van der Waals surface area (Å²) in [7, 11) is 0. The largest absolute Gasteiger partial charge is 0.494 e. The second-order valence-corrected chi connectivity index (χ2v) is 7.20. The third kappa shape index (κ3) is 5.17. The highest BCUT2D eigenvalue weighted by Gasteiger charge is 2.13. The third-order valence-corrected chi connectivity index (χ3v) is 4.00. The topological polar surface area (TPSA) is 72.0 Å². The summed E-state index contributed by atoms with van der Waals surface area (Å²) in [5.74, 6) is 1.89.